The molecule has 0 amide bonds. The number of fused-ring (bicyclic) bond motifs is 1. The maximum atomic E-state index is 13.4. The van der Waals surface area contributed by atoms with Crippen LogP contribution in [0.4, 0.5) is 4.39 Å². The Labute approximate surface area is 91.5 Å². The van der Waals surface area contributed by atoms with E-state index in [1.807, 2.05) is 0 Å². The molecular weight excluding hydrogens is 213 g/mol. The van der Waals surface area contributed by atoms with Crippen LogP contribution in [0.15, 0.2) is 17.8 Å². The summed E-state index contributed by atoms with van der Waals surface area (Å²) in [6.45, 7) is 0.120. The largest absolute Gasteiger partial charge is 0.484 e. The second kappa shape index (κ2) is 3.84. The Hall–Kier alpha value is -2.04. The normalized spacial score (nSPS) is 13.5. The quantitative estimate of drug-likeness (QED) is 0.729. The van der Waals surface area contributed by atoms with Gasteiger partial charge in [0.25, 0.3) is 0 Å². The smallest absolute Gasteiger partial charge is 0.338 e. The van der Waals surface area contributed by atoms with E-state index in [2.05, 4.69) is 4.74 Å². The minimum absolute atomic E-state index is 0.0390. The van der Waals surface area contributed by atoms with E-state index in [1.165, 1.54) is 25.3 Å². The molecule has 2 rings (SSSR count). The van der Waals surface area contributed by atoms with Gasteiger partial charge in [-0.25, -0.2) is 9.18 Å². The van der Waals surface area contributed by atoms with E-state index in [4.69, 9.17) is 10.5 Å². The van der Waals surface area contributed by atoms with Crippen LogP contribution in [0.5, 0.6) is 5.75 Å². The van der Waals surface area contributed by atoms with Crippen LogP contribution < -0.4 is 10.5 Å². The van der Waals surface area contributed by atoms with Crippen LogP contribution >= 0.6 is 0 Å². The van der Waals surface area contributed by atoms with Crippen molar-refractivity contribution in [2.24, 2.45) is 5.73 Å². The molecule has 84 valence electrons. The first-order valence-electron chi connectivity index (χ1n) is 4.63. The lowest BCUT2D eigenvalue weighted by Crippen LogP contribution is -2.17. The fourth-order valence-corrected chi connectivity index (χ4v) is 1.53. The van der Waals surface area contributed by atoms with Crippen LogP contribution in [0.3, 0.4) is 0 Å². The Kier molecular flexibility index (Phi) is 2.52. The molecular formula is C11H10FNO3. The summed E-state index contributed by atoms with van der Waals surface area (Å²) in [6.07, 6.45) is 1.52. The molecule has 0 atom stereocenters. The lowest BCUT2D eigenvalue weighted by atomic mass is 10.0. The number of rotatable bonds is 1. The number of benzene rings is 1. The Morgan fingerprint density at radius 3 is 3.00 bits per heavy atom. The fourth-order valence-electron chi connectivity index (χ4n) is 1.53. The van der Waals surface area contributed by atoms with Crippen molar-refractivity contribution in [3.05, 3.63) is 34.8 Å². The summed E-state index contributed by atoms with van der Waals surface area (Å²) in [4.78, 5) is 11.4. The van der Waals surface area contributed by atoms with Crippen LogP contribution in [0, 0.1) is 5.82 Å². The van der Waals surface area contributed by atoms with Gasteiger partial charge < -0.3 is 15.2 Å². The summed E-state index contributed by atoms with van der Waals surface area (Å²) in [5, 5.41) is 0. The molecule has 0 saturated carbocycles. The molecule has 1 aliphatic heterocycles. The third-order valence-electron chi connectivity index (χ3n) is 2.27. The maximum Gasteiger partial charge on any atom is 0.338 e. The van der Waals surface area contributed by atoms with Gasteiger partial charge in [0, 0.05) is 11.3 Å². The topological polar surface area (TPSA) is 61.5 Å². The summed E-state index contributed by atoms with van der Waals surface area (Å²) in [5.41, 5.74) is 6.57. The van der Waals surface area contributed by atoms with Gasteiger partial charge in [0.05, 0.1) is 12.7 Å². The van der Waals surface area contributed by atoms with E-state index in [9.17, 15) is 9.18 Å². The van der Waals surface area contributed by atoms with Crippen LogP contribution in [0.25, 0.3) is 6.08 Å². The van der Waals surface area contributed by atoms with Crippen molar-refractivity contribution in [3.63, 3.8) is 0 Å². The van der Waals surface area contributed by atoms with Crippen molar-refractivity contribution < 1.29 is 18.7 Å². The molecule has 0 bridgehead atoms. The SMILES string of the molecule is COC(=O)c1ccc(F)c2c1C=C(N)CO2. The number of hydrogen-bond donors (Lipinski definition) is 1. The van der Waals surface area contributed by atoms with Crippen molar-refractivity contribution in [3.8, 4) is 5.75 Å². The van der Waals surface area contributed by atoms with E-state index >= 15 is 0 Å². The highest BCUT2D eigenvalue weighted by atomic mass is 19.1. The van der Waals surface area contributed by atoms with Crippen molar-refractivity contribution >= 4 is 12.0 Å². The van der Waals surface area contributed by atoms with Gasteiger partial charge in [0.2, 0.25) is 0 Å². The van der Waals surface area contributed by atoms with Crippen LogP contribution in [0.2, 0.25) is 0 Å². The molecule has 0 spiro atoms. The summed E-state index contributed by atoms with van der Waals surface area (Å²) in [7, 11) is 1.26. The van der Waals surface area contributed by atoms with E-state index in [0.29, 0.717) is 11.3 Å². The minimum Gasteiger partial charge on any atom is -0.484 e. The number of carbonyl (C=O) groups is 1. The predicted molar refractivity (Wildman–Crippen MR) is 55.4 cm³/mol. The second-order valence-electron chi connectivity index (χ2n) is 3.34. The first-order valence-corrected chi connectivity index (χ1v) is 4.63. The highest BCUT2D eigenvalue weighted by molar-refractivity contribution is 5.95. The summed E-state index contributed by atoms with van der Waals surface area (Å²) < 4.78 is 23.1. The number of esters is 1. The molecule has 0 fully saturated rings. The third kappa shape index (κ3) is 1.60. The molecule has 0 aliphatic carbocycles. The number of carbonyl (C=O) groups excluding carboxylic acids is 1. The Morgan fingerprint density at radius 2 is 2.31 bits per heavy atom. The highest BCUT2D eigenvalue weighted by Gasteiger charge is 2.21. The Morgan fingerprint density at radius 1 is 1.56 bits per heavy atom. The standard InChI is InChI=1S/C11H10FNO3/c1-15-11(14)7-2-3-9(12)10-8(7)4-6(13)5-16-10/h2-4H,5,13H2,1H3. The number of methoxy groups -OCH3 is 1. The Balaban J connectivity index is 2.62. The zero-order valence-corrected chi connectivity index (χ0v) is 8.62. The van der Waals surface area contributed by atoms with Gasteiger partial charge in [-0.05, 0) is 18.2 Å². The monoisotopic (exact) mass is 223 g/mol. The van der Waals surface area contributed by atoms with E-state index in [0.717, 1.165) is 0 Å². The molecule has 0 unspecified atom stereocenters. The van der Waals surface area contributed by atoms with Gasteiger partial charge in [-0.15, -0.1) is 0 Å². The van der Waals surface area contributed by atoms with Gasteiger partial charge >= 0.3 is 5.97 Å². The molecule has 2 N–H and O–H groups in total. The van der Waals surface area contributed by atoms with Crippen molar-refractivity contribution in [2.45, 2.75) is 0 Å². The maximum absolute atomic E-state index is 13.4. The molecule has 0 aromatic heterocycles. The van der Waals surface area contributed by atoms with Gasteiger partial charge in [-0.1, -0.05) is 0 Å². The zero-order valence-electron chi connectivity index (χ0n) is 8.62. The number of hydrogen-bond acceptors (Lipinski definition) is 4. The molecule has 0 radical (unpaired) electrons. The van der Waals surface area contributed by atoms with Crippen LogP contribution in [-0.4, -0.2) is 19.7 Å². The lowest BCUT2D eigenvalue weighted by molar-refractivity contribution is 0.0600. The molecule has 1 aromatic carbocycles. The van der Waals surface area contributed by atoms with Gasteiger partial charge in [0.15, 0.2) is 11.6 Å². The molecule has 1 heterocycles. The molecule has 4 nitrogen and oxygen atoms in total. The average molecular weight is 223 g/mol. The lowest BCUT2D eigenvalue weighted by Gasteiger charge is -2.18. The van der Waals surface area contributed by atoms with Crippen molar-refractivity contribution in [2.75, 3.05) is 13.7 Å². The molecule has 1 aliphatic rings. The van der Waals surface area contributed by atoms with E-state index < -0.39 is 11.8 Å². The summed E-state index contributed by atoms with van der Waals surface area (Å²) >= 11 is 0. The molecule has 16 heavy (non-hydrogen) atoms. The van der Waals surface area contributed by atoms with Crippen LogP contribution in [0.1, 0.15) is 15.9 Å². The second-order valence-corrected chi connectivity index (χ2v) is 3.34. The minimum atomic E-state index is -0.550. The van der Waals surface area contributed by atoms with E-state index in [-0.39, 0.29) is 17.9 Å². The average Bonchev–Trinajstić information content (AvgIpc) is 2.28. The summed E-state index contributed by atoms with van der Waals surface area (Å²) in [6, 6.07) is 2.51. The highest BCUT2D eigenvalue weighted by Crippen LogP contribution is 2.31. The first-order chi connectivity index (χ1) is 7.63. The Bertz CT molecular complexity index is 482. The number of nitrogens with two attached hydrogens (primary N) is 1. The molecule has 0 saturated heterocycles. The number of halogens is 1. The zero-order chi connectivity index (χ0) is 11.7. The molecule has 1 aromatic rings. The molecule has 5 heteroatoms. The fraction of sp³-hybridized carbons (Fsp3) is 0.182. The summed E-state index contributed by atoms with van der Waals surface area (Å²) in [5.74, 6) is -1.03. The van der Waals surface area contributed by atoms with Gasteiger partial charge in [-0.3, -0.25) is 0 Å². The van der Waals surface area contributed by atoms with Crippen molar-refractivity contribution in [1.29, 1.82) is 0 Å². The first kappa shape index (κ1) is 10.5. The predicted octanol–water partition coefficient (Wildman–Crippen LogP) is 1.30. The van der Waals surface area contributed by atoms with Gasteiger partial charge in [-0.2, -0.15) is 0 Å². The van der Waals surface area contributed by atoms with E-state index in [1.54, 1.807) is 0 Å². The van der Waals surface area contributed by atoms with Crippen LogP contribution in [-0.2, 0) is 4.74 Å². The van der Waals surface area contributed by atoms with Gasteiger partial charge in [0.1, 0.15) is 6.61 Å². The number of ether oxygens (including phenoxy) is 2. The third-order valence-corrected chi connectivity index (χ3v) is 2.27. The van der Waals surface area contributed by atoms with Crippen molar-refractivity contribution in [1.82, 2.24) is 0 Å².